The molecule has 0 aliphatic carbocycles. The summed E-state index contributed by atoms with van der Waals surface area (Å²) in [5.74, 6) is -0.00228. The van der Waals surface area contributed by atoms with E-state index in [0.717, 1.165) is 12.1 Å². The van der Waals surface area contributed by atoms with Crippen LogP contribution in [0.2, 0.25) is 0 Å². The number of nitrogens with zero attached hydrogens (tertiary/aromatic N) is 6. The molecule has 34 heavy (non-hydrogen) atoms. The van der Waals surface area contributed by atoms with Gasteiger partial charge in [0.05, 0.1) is 11.3 Å². The van der Waals surface area contributed by atoms with Gasteiger partial charge in [0, 0.05) is 43.9 Å². The van der Waals surface area contributed by atoms with Gasteiger partial charge in [0.2, 0.25) is 0 Å². The van der Waals surface area contributed by atoms with E-state index in [1.54, 1.807) is 6.20 Å². The number of hydrogen-bond donors (Lipinski definition) is 2. The van der Waals surface area contributed by atoms with E-state index in [1.165, 1.54) is 12.4 Å². The Morgan fingerprint density at radius 3 is 2.56 bits per heavy atom. The number of alkyl halides is 3. The summed E-state index contributed by atoms with van der Waals surface area (Å²) < 4.78 is 55.1. The molecule has 3 heterocycles. The van der Waals surface area contributed by atoms with Crippen molar-refractivity contribution >= 4 is 11.6 Å². The fourth-order valence-corrected chi connectivity index (χ4v) is 4.20. The molecule has 4 N–H and O–H groups in total. The molecular formula is C22H22F4N8. The molecule has 1 fully saturated rings. The molecule has 1 saturated heterocycles. The van der Waals surface area contributed by atoms with Crippen LogP contribution < -0.4 is 16.4 Å². The summed E-state index contributed by atoms with van der Waals surface area (Å²) in [5.41, 5.74) is 10.9. The summed E-state index contributed by atoms with van der Waals surface area (Å²) in [7, 11) is 0. The first kappa shape index (κ1) is 23.4. The molecule has 0 bridgehead atoms. The third kappa shape index (κ3) is 4.51. The maximum absolute atomic E-state index is 13.7. The van der Waals surface area contributed by atoms with Gasteiger partial charge in [-0.05, 0) is 31.0 Å². The lowest BCUT2D eigenvalue weighted by Crippen LogP contribution is -2.35. The van der Waals surface area contributed by atoms with Gasteiger partial charge in [-0.15, -0.1) is 0 Å². The lowest BCUT2D eigenvalue weighted by atomic mass is 9.95. The van der Waals surface area contributed by atoms with Crippen LogP contribution in [0, 0.1) is 17.1 Å². The zero-order valence-electron chi connectivity index (χ0n) is 18.1. The van der Waals surface area contributed by atoms with E-state index in [-0.39, 0.29) is 22.9 Å². The standard InChI is InChI=1S/C22H22F4N8/c23-17-2-1-14(9-16(17)22(24,25)26)18-11-34(8-5-27)20(32-18)13-3-6-33(7-4-13)21-15(10-28)19(29)30-12-31-21/h1-2,9,11-13H,3-8,27H2,(H2,29,30,31). The third-order valence-electron chi connectivity index (χ3n) is 5.87. The highest BCUT2D eigenvalue weighted by atomic mass is 19.4. The number of hydrogen-bond acceptors (Lipinski definition) is 7. The number of imidazole rings is 1. The summed E-state index contributed by atoms with van der Waals surface area (Å²) in [4.78, 5) is 14.6. The summed E-state index contributed by atoms with van der Waals surface area (Å²) in [6, 6.07) is 4.91. The molecule has 1 aliphatic rings. The van der Waals surface area contributed by atoms with E-state index in [9.17, 15) is 22.8 Å². The molecule has 0 unspecified atom stereocenters. The molecule has 4 rings (SSSR count). The lowest BCUT2D eigenvalue weighted by molar-refractivity contribution is -0.139. The average Bonchev–Trinajstić information content (AvgIpc) is 3.22. The number of nitrogen functional groups attached to an aromatic ring is 1. The Balaban J connectivity index is 1.60. The van der Waals surface area contributed by atoms with Crippen molar-refractivity contribution in [3.05, 3.63) is 53.5 Å². The molecule has 1 aliphatic heterocycles. The quantitative estimate of drug-likeness (QED) is 0.544. The van der Waals surface area contributed by atoms with E-state index >= 15 is 0 Å². The molecule has 3 aromatic rings. The van der Waals surface area contributed by atoms with Crippen molar-refractivity contribution < 1.29 is 17.6 Å². The first-order valence-electron chi connectivity index (χ1n) is 10.6. The van der Waals surface area contributed by atoms with Gasteiger partial charge in [-0.1, -0.05) is 0 Å². The molecule has 2 aromatic heterocycles. The number of nitriles is 1. The summed E-state index contributed by atoms with van der Waals surface area (Å²) >= 11 is 0. The van der Waals surface area contributed by atoms with Crippen LogP contribution in [-0.4, -0.2) is 39.2 Å². The Morgan fingerprint density at radius 2 is 1.91 bits per heavy atom. The SMILES string of the molecule is N#Cc1c(N)ncnc1N1CCC(c2nc(-c3ccc(F)c(C(F)(F)F)c3)cn2CCN)CC1. The van der Waals surface area contributed by atoms with Crippen LogP contribution in [0.25, 0.3) is 11.3 Å². The number of halogens is 4. The van der Waals surface area contributed by atoms with Gasteiger partial charge in [-0.25, -0.2) is 19.3 Å². The van der Waals surface area contributed by atoms with Crippen molar-refractivity contribution in [3.63, 3.8) is 0 Å². The van der Waals surface area contributed by atoms with Crippen LogP contribution in [-0.2, 0) is 12.7 Å². The van der Waals surface area contributed by atoms with Gasteiger partial charge in [0.25, 0.3) is 0 Å². The monoisotopic (exact) mass is 474 g/mol. The molecule has 0 amide bonds. The number of benzene rings is 1. The predicted octanol–water partition coefficient (Wildman–Crippen LogP) is 3.29. The molecule has 0 atom stereocenters. The molecule has 178 valence electrons. The second kappa shape index (κ2) is 9.26. The average molecular weight is 474 g/mol. The van der Waals surface area contributed by atoms with Crippen molar-refractivity contribution in [2.75, 3.05) is 30.3 Å². The first-order valence-corrected chi connectivity index (χ1v) is 10.6. The number of rotatable bonds is 5. The van der Waals surface area contributed by atoms with Gasteiger partial charge in [-0.2, -0.15) is 18.4 Å². The number of anilines is 2. The van der Waals surface area contributed by atoms with Gasteiger partial charge >= 0.3 is 6.18 Å². The van der Waals surface area contributed by atoms with Gasteiger partial charge in [-0.3, -0.25) is 0 Å². The largest absolute Gasteiger partial charge is 0.419 e. The highest BCUT2D eigenvalue weighted by molar-refractivity contribution is 5.63. The maximum Gasteiger partial charge on any atom is 0.419 e. The minimum Gasteiger partial charge on any atom is -0.382 e. The van der Waals surface area contributed by atoms with Gasteiger partial charge < -0.3 is 20.9 Å². The van der Waals surface area contributed by atoms with Crippen molar-refractivity contribution in [2.24, 2.45) is 5.73 Å². The first-order chi connectivity index (χ1) is 16.2. The zero-order valence-corrected chi connectivity index (χ0v) is 18.1. The van der Waals surface area contributed by atoms with Crippen LogP contribution in [0.5, 0.6) is 0 Å². The van der Waals surface area contributed by atoms with Crippen molar-refractivity contribution in [2.45, 2.75) is 31.5 Å². The zero-order chi connectivity index (χ0) is 24.5. The van der Waals surface area contributed by atoms with Gasteiger partial charge in [0.15, 0.2) is 5.82 Å². The van der Waals surface area contributed by atoms with Crippen molar-refractivity contribution in [3.8, 4) is 17.3 Å². The molecule has 0 saturated carbocycles. The Labute approximate surface area is 192 Å². The fraction of sp³-hybridized carbons (Fsp3) is 0.364. The molecule has 1 aromatic carbocycles. The van der Waals surface area contributed by atoms with E-state index in [1.807, 2.05) is 15.5 Å². The lowest BCUT2D eigenvalue weighted by Gasteiger charge is -2.33. The summed E-state index contributed by atoms with van der Waals surface area (Å²) in [5, 5.41) is 9.40. The minimum absolute atomic E-state index is 0.0174. The highest BCUT2D eigenvalue weighted by Crippen LogP contribution is 2.36. The molecule has 12 heteroatoms. The Kier molecular flexibility index (Phi) is 6.39. The van der Waals surface area contributed by atoms with E-state index < -0.39 is 17.6 Å². The topological polar surface area (TPSA) is 123 Å². The van der Waals surface area contributed by atoms with E-state index in [4.69, 9.17) is 11.5 Å². The second-order valence-electron chi connectivity index (χ2n) is 7.99. The third-order valence-corrected chi connectivity index (χ3v) is 5.87. The molecule has 0 spiro atoms. The van der Waals surface area contributed by atoms with Crippen LogP contribution in [0.15, 0.2) is 30.7 Å². The fourth-order valence-electron chi connectivity index (χ4n) is 4.20. The van der Waals surface area contributed by atoms with Crippen molar-refractivity contribution in [1.82, 2.24) is 19.5 Å². The normalized spacial score (nSPS) is 14.9. The smallest absolute Gasteiger partial charge is 0.382 e. The maximum atomic E-state index is 13.7. The van der Waals surface area contributed by atoms with Crippen LogP contribution in [0.4, 0.5) is 29.2 Å². The number of piperidine rings is 1. The van der Waals surface area contributed by atoms with Crippen LogP contribution in [0.3, 0.4) is 0 Å². The van der Waals surface area contributed by atoms with Gasteiger partial charge in [0.1, 0.15) is 35.4 Å². The van der Waals surface area contributed by atoms with Crippen LogP contribution >= 0.6 is 0 Å². The molecule has 8 nitrogen and oxygen atoms in total. The highest BCUT2D eigenvalue weighted by Gasteiger charge is 2.34. The summed E-state index contributed by atoms with van der Waals surface area (Å²) in [6.45, 7) is 1.92. The molecular weight excluding hydrogens is 452 g/mol. The Hall–Kier alpha value is -3.72. The second-order valence-corrected chi connectivity index (χ2v) is 7.99. The number of aromatic nitrogens is 4. The Bertz CT molecular complexity index is 1220. The number of nitrogens with two attached hydrogens (primary N) is 2. The predicted molar refractivity (Wildman–Crippen MR) is 117 cm³/mol. The Morgan fingerprint density at radius 1 is 1.18 bits per heavy atom. The summed E-state index contributed by atoms with van der Waals surface area (Å²) in [6.07, 6.45) is -0.487. The van der Waals surface area contributed by atoms with E-state index in [0.29, 0.717) is 56.4 Å². The van der Waals surface area contributed by atoms with Crippen molar-refractivity contribution in [1.29, 1.82) is 5.26 Å². The molecule has 0 radical (unpaired) electrons. The van der Waals surface area contributed by atoms with Crippen LogP contribution in [0.1, 0.15) is 35.7 Å². The van der Waals surface area contributed by atoms with E-state index in [2.05, 4.69) is 15.0 Å². The minimum atomic E-state index is -4.80.